The third kappa shape index (κ3) is 7.48. The van der Waals surface area contributed by atoms with E-state index in [4.69, 9.17) is 11.6 Å². The number of halogens is 4. The predicted molar refractivity (Wildman–Crippen MR) is 52.9 cm³/mol. The summed E-state index contributed by atoms with van der Waals surface area (Å²) in [6, 6.07) is 0. The molecule has 0 atom stereocenters. The fourth-order valence-corrected chi connectivity index (χ4v) is 1.31. The zero-order valence-electron chi connectivity index (χ0n) is 8.61. The van der Waals surface area contributed by atoms with E-state index in [0.717, 1.165) is 4.90 Å². The summed E-state index contributed by atoms with van der Waals surface area (Å²) in [6.45, 7) is 0.452. The molecule has 0 rings (SSSR count). The van der Waals surface area contributed by atoms with Crippen molar-refractivity contribution in [2.45, 2.75) is 32.4 Å². The molecule has 0 aliphatic carbocycles. The van der Waals surface area contributed by atoms with Gasteiger partial charge >= 0.3 is 6.18 Å². The van der Waals surface area contributed by atoms with Gasteiger partial charge in [0.05, 0.1) is 0 Å². The number of hydrogen-bond acceptors (Lipinski definition) is 1. The number of amides is 1. The van der Waals surface area contributed by atoms with Crippen LogP contribution in [0.5, 0.6) is 0 Å². The lowest BCUT2D eigenvalue weighted by atomic mass is 10.2. The van der Waals surface area contributed by atoms with Crippen LogP contribution in [0.1, 0.15) is 26.2 Å². The molecule has 0 aromatic heterocycles. The highest BCUT2D eigenvalue weighted by atomic mass is 35.5. The van der Waals surface area contributed by atoms with Gasteiger partial charge in [-0.15, -0.1) is 11.6 Å². The van der Waals surface area contributed by atoms with Gasteiger partial charge in [0.15, 0.2) is 0 Å². The van der Waals surface area contributed by atoms with Crippen LogP contribution < -0.4 is 0 Å². The fourth-order valence-electron chi connectivity index (χ4n) is 1.12. The fraction of sp³-hybridized carbons (Fsp3) is 0.889. The summed E-state index contributed by atoms with van der Waals surface area (Å²) in [5.74, 6) is -0.0291. The molecule has 0 aliphatic heterocycles. The van der Waals surface area contributed by atoms with Gasteiger partial charge in [0.25, 0.3) is 0 Å². The molecule has 90 valence electrons. The molecule has 0 spiro atoms. The normalized spacial score (nSPS) is 11.5. The van der Waals surface area contributed by atoms with Crippen LogP contribution in [-0.2, 0) is 4.79 Å². The maximum absolute atomic E-state index is 12.0. The van der Waals surface area contributed by atoms with Crippen LogP contribution in [0.25, 0.3) is 0 Å². The molecule has 0 aliphatic rings. The highest BCUT2D eigenvalue weighted by molar-refractivity contribution is 6.17. The quantitative estimate of drug-likeness (QED) is 0.521. The summed E-state index contributed by atoms with van der Waals surface area (Å²) < 4.78 is 36.1. The lowest BCUT2D eigenvalue weighted by Gasteiger charge is -2.22. The largest absolute Gasteiger partial charge is 0.406 e. The second-order valence-electron chi connectivity index (χ2n) is 3.17. The molecule has 0 unspecified atom stereocenters. The molecular weight excluding hydrogens is 231 g/mol. The van der Waals surface area contributed by atoms with Gasteiger partial charge in [-0.25, -0.2) is 0 Å². The first-order valence-corrected chi connectivity index (χ1v) is 5.34. The van der Waals surface area contributed by atoms with Gasteiger partial charge in [-0.3, -0.25) is 4.79 Å². The third-order valence-electron chi connectivity index (χ3n) is 1.88. The molecule has 6 heteroatoms. The van der Waals surface area contributed by atoms with Crippen LogP contribution >= 0.6 is 11.6 Å². The molecule has 1 amide bonds. The van der Waals surface area contributed by atoms with E-state index >= 15 is 0 Å². The first kappa shape index (κ1) is 14.6. The lowest BCUT2D eigenvalue weighted by molar-refractivity contribution is -0.160. The average molecular weight is 246 g/mol. The first-order chi connectivity index (χ1) is 6.90. The second kappa shape index (κ2) is 6.93. The van der Waals surface area contributed by atoms with Crippen molar-refractivity contribution in [3.63, 3.8) is 0 Å². The Morgan fingerprint density at radius 3 is 2.33 bits per heavy atom. The monoisotopic (exact) mass is 245 g/mol. The number of nitrogens with zero attached hydrogens (tertiary/aromatic N) is 1. The summed E-state index contributed by atoms with van der Waals surface area (Å²) in [5.41, 5.74) is 0. The van der Waals surface area contributed by atoms with Gasteiger partial charge in [0.2, 0.25) is 5.91 Å². The van der Waals surface area contributed by atoms with E-state index in [9.17, 15) is 18.0 Å². The molecule has 15 heavy (non-hydrogen) atoms. The zero-order chi connectivity index (χ0) is 11.9. The molecule has 0 fully saturated rings. The van der Waals surface area contributed by atoms with Crippen molar-refractivity contribution >= 4 is 17.5 Å². The maximum atomic E-state index is 12.0. The van der Waals surface area contributed by atoms with Crippen molar-refractivity contribution in [3.8, 4) is 0 Å². The number of carbonyl (C=O) groups is 1. The van der Waals surface area contributed by atoms with Crippen molar-refractivity contribution in [1.82, 2.24) is 4.90 Å². The summed E-state index contributed by atoms with van der Waals surface area (Å²) in [4.78, 5) is 12.1. The van der Waals surface area contributed by atoms with Crippen LogP contribution in [-0.4, -0.2) is 36.0 Å². The first-order valence-electron chi connectivity index (χ1n) is 4.81. The Morgan fingerprint density at radius 2 is 1.93 bits per heavy atom. The Balaban J connectivity index is 4.00. The summed E-state index contributed by atoms with van der Waals surface area (Å²) in [7, 11) is 0. The smallest absolute Gasteiger partial charge is 0.334 e. The summed E-state index contributed by atoms with van der Waals surface area (Å²) in [5, 5.41) is 0. The van der Waals surface area contributed by atoms with E-state index in [0.29, 0.717) is 18.7 Å². The molecule has 0 aromatic rings. The van der Waals surface area contributed by atoms with Crippen LogP contribution in [0.15, 0.2) is 0 Å². The Kier molecular flexibility index (Phi) is 6.72. The maximum Gasteiger partial charge on any atom is 0.406 e. The highest BCUT2D eigenvalue weighted by Gasteiger charge is 2.31. The third-order valence-corrected chi connectivity index (χ3v) is 2.15. The van der Waals surface area contributed by atoms with Crippen molar-refractivity contribution in [2.24, 2.45) is 0 Å². The molecule has 0 saturated heterocycles. The summed E-state index contributed by atoms with van der Waals surface area (Å²) in [6.07, 6.45) is -3.00. The molecule has 0 saturated carbocycles. The molecule has 2 nitrogen and oxygen atoms in total. The molecule has 0 N–H and O–H groups in total. The topological polar surface area (TPSA) is 20.3 Å². The SMILES string of the molecule is CCN(CC(F)(F)F)C(=O)CCCCCl. The van der Waals surface area contributed by atoms with Gasteiger partial charge in [0.1, 0.15) is 6.54 Å². The van der Waals surface area contributed by atoms with E-state index in [1.54, 1.807) is 0 Å². The predicted octanol–water partition coefficient (Wildman–Crippen LogP) is 2.81. The average Bonchev–Trinajstić information content (AvgIpc) is 2.13. The van der Waals surface area contributed by atoms with Gasteiger partial charge in [0, 0.05) is 18.8 Å². The van der Waals surface area contributed by atoms with Crippen LogP contribution in [0, 0.1) is 0 Å². The molecule has 0 radical (unpaired) electrons. The number of hydrogen-bond donors (Lipinski definition) is 0. The number of rotatable bonds is 6. The molecule has 0 aromatic carbocycles. The van der Waals surface area contributed by atoms with Crippen molar-refractivity contribution in [2.75, 3.05) is 19.0 Å². The Morgan fingerprint density at radius 1 is 1.33 bits per heavy atom. The standard InChI is InChI=1S/C9H15ClF3NO/c1-2-14(7-9(11,12)13)8(15)5-3-4-6-10/h2-7H2,1H3. The van der Waals surface area contributed by atoms with Gasteiger partial charge < -0.3 is 4.90 Å². The van der Waals surface area contributed by atoms with Crippen LogP contribution in [0.3, 0.4) is 0 Å². The van der Waals surface area contributed by atoms with E-state index < -0.39 is 18.6 Å². The Labute approximate surface area is 92.4 Å². The second-order valence-corrected chi connectivity index (χ2v) is 3.55. The van der Waals surface area contributed by atoms with E-state index in [2.05, 4.69) is 0 Å². The molecule has 0 bridgehead atoms. The minimum atomic E-state index is -4.32. The van der Waals surface area contributed by atoms with Gasteiger partial charge in [-0.05, 0) is 19.8 Å². The van der Waals surface area contributed by atoms with Gasteiger partial charge in [-0.2, -0.15) is 13.2 Å². The van der Waals surface area contributed by atoms with Gasteiger partial charge in [-0.1, -0.05) is 0 Å². The van der Waals surface area contributed by atoms with Crippen molar-refractivity contribution in [1.29, 1.82) is 0 Å². The molecule has 0 heterocycles. The van der Waals surface area contributed by atoms with E-state index in [-0.39, 0.29) is 13.0 Å². The van der Waals surface area contributed by atoms with E-state index in [1.807, 2.05) is 0 Å². The van der Waals surface area contributed by atoms with Crippen LogP contribution in [0.4, 0.5) is 13.2 Å². The zero-order valence-corrected chi connectivity index (χ0v) is 9.37. The highest BCUT2D eigenvalue weighted by Crippen LogP contribution is 2.17. The Bertz CT molecular complexity index is 196. The Hall–Kier alpha value is -0.450. The number of carbonyl (C=O) groups excluding carboxylic acids is 1. The van der Waals surface area contributed by atoms with Crippen molar-refractivity contribution in [3.05, 3.63) is 0 Å². The minimum absolute atomic E-state index is 0.0826. The van der Waals surface area contributed by atoms with Crippen LogP contribution in [0.2, 0.25) is 0 Å². The summed E-state index contributed by atoms with van der Waals surface area (Å²) >= 11 is 5.40. The number of unbranched alkanes of at least 4 members (excludes halogenated alkanes) is 1. The minimum Gasteiger partial charge on any atom is -0.334 e. The lowest BCUT2D eigenvalue weighted by Crippen LogP contribution is -2.38. The van der Waals surface area contributed by atoms with E-state index in [1.165, 1.54) is 6.92 Å². The van der Waals surface area contributed by atoms with Crippen molar-refractivity contribution < 1.29 is 18.0 Å². The molecular formula is C9H15ClF3NO. The number of alkyl halides is 4.